The second-order valence-electron chi connectivity index (χ2n) is 3.44. The maximum Gasteiger partial charge on any atom is -0.0191 e. The second kappa shape index (κ2) is 4.49. The number of hydrogen-bond acceptors (Lipinski definition) is 0. The molecule has 0 saturated carbocycles. The lowest BCUT2D eigenvalue weighted by Gasteiger charge is -2.15. The van der Waals surface area contributed by atoms with Gasteiger partial charge in [-0.2, -0.15) is 0 Å². The van der Waals surface area contributed by atoms with Crippen LogP contribution in [0, 0.1) is 5.92 Å². The summed E-state index contributed by atoms with van der Waals surface area (Å²) in [4.78, 5) is 0. The minimum Gasteiger partial charge on any atom is -0.0837 e. The minimum absolute atomic E-state index is 0.850. The Morgan fingerprint density at radius 2 is 2.00 bits per heavy atom. The van der Waals surface area contributed by atoms with Crippen molar-refractivity contribution >= 4 is 0 Å². The fourth-order valence-electron chi connectivity index (χ4n) is 2.10. The van der Waals surface area contributed by atoms with Crippen molar-refractivity contribution in [2.45, 2.75) is 46.5 Å². The molecule has 1 unspecified atom stereocenters. The van der Waals surface area contributed by atoms with Gasteiger partial charge in [0.05, 0.1) is 0 Å². The number of allylic oxidation sites excluding steroid dienone is 4. The summed E-state index contributed by atoms with van der Waals surface area (Å²) in [6, 6.07) is 0. The molecule has 68 valence electrons. The van der Waals surface area contributed by atoms with Gasteiger partial charge in [0.2, 0.25) is 0 Å². The van der Waals surface area contributed by atoms with Crippen LogP contribution in [-0.4, -0.2) is 0 Å². The van der Waals surface area contributed by atoms with Gasteiger partial charge in [-0.05, 0) is 37.2 Å². The fourth-order valence-corrected chi connectivity index (χ4v) is 2.10. The molecule has 0 nitrogen and oxygen atoms in total. The molecule has 0 radical (unpaired) electrons. The van der Waals surface area contributed by atoms with E-state index in [9.17, 15) is 0 Å². The topological polar surface area (TPSA) is 0 Å². The molecule has 0 heterocycles. The van der Waals surface area contributed by atoms with Gasteiger partial charge in [-0.25, -0.2) is 0 Å². The van der Waals surface area contributed by atoms with Crippen molar-refractivity contribution in [1.29, 1.82) is 0 Å². The van der Waals surface area contributed by atoms with E-state index in [1.165, 1.54) is 25.7 Å². The molecule has 2 rings (SSSR count). The van der Waals surface area contributed by atoms with E-state index in [0.717, 1.165) is 5.92 Å². The highest BCUT2D eigenvalue weighted by atomic mass is 14.2. The molecular weight excluding hydrogens is 144 g/mol. The monoisotopic (exact) mass is 164 g/mol. The van der Waals surface area contributed by atoms with Gasteiger partial charge in [0.15, 0.2) is 0 Å². The van der Waals surface area contributed by atoms with E-state index in [4.69, 9.17) is 0 Å². The van der Waals surface area contributed by atoms with Crippen LogP contribution >= 0.6 is 0 Å². The zero-order chi connectivity index (χ0) is 8.97. The summed E-state index contributed by atoms with van der Waals surface area (Å²) in [6.45, 7) is 6.35. The predicted molar refractivity (Wildman–Crippen MR) is 55.1 cm³/mol. The molecule has 12 heavy (non-hydrogen) atoms. The van der Waals surface area contributed by atoms with Gasteiger partial charge in [-0.15, -0.1) is 0 Å². The quantitative estimate of drug-likeness (QED) is 0.506. The zero-order valence-corrected chi connectivity index (χ0v) is 8.56. The molecule has 0 amide bonds. The van der Waals surface area contributed by atoms with Crippen LogP contribution in [0.5, 0.6) is 0 Å². The molecule has 1 atom stereocenters. The van der Waals surface area contributed by atoms with Crippen LogP contribution in [0.4, 0.5) is 0 Å². The van der Waals surface area contributed by atoms with Crippen molar-refractivity contribution in [3.8, 4) is 0 Å². The lowest BCUT2D eigenvalue weighted by Crippen LogP contribution is -2.00. The second-order valence-corrected chi connectivity index (χ2v) is 3.44. The van der Waals surface area contributed by atoms with Crippen LogP contribution in [-0.2, 0) is 0 Å². The molecule has 2 aliphatic carbocycles. The lowest BCUT2D eigenvalue weighted by atomic mass is 9.90. The molecule has 0 saturated heterocycles. The summed E-state index contributed by atoms with van der Waals surface area (Å²) in [5.41, 5.74) is 3.40. The number of hydrogen-bond donors (Lipinski definition) is 0. The van der Waals surface area contributed by atoms with E-state index >= 15 is 0 Å². The van der Waals surface area contributed by atoms with Crippen molar-refractivity contribution in [3.05, 3.63) is 23.3 Å². The normalized spacial score (nSPS) is 26.4. The maximum atomic E-state index is 2.35. The Balaban J connectivity index is 0.000000336. The average molecular weight is 164 g/mol. The van der Waals surface area contributed by atoms with Crippen LogP contribution in [0.15, 0.2) is 23.3 Å². The lowest BCUT2D eigenvalue weighted by molar-refractivity contribution is 0.659. The van der Waals surface area contributed by atoms with E-state index < -0.39 is 0 Å². The standard InChI is InChI=1S/C10H14.C2H6/c1-8-4-2-5-9-6-3-7-10(8)9;1-2/h2,5,8H,3-4,6-7H2,1H3;1-2H3. The first-order chi connectivity index (χ1) is 5.88. The Bertz CT molecular complexity index is 196. The van der Waals surface area contributed by atoms with E-state index in [-0.39, 0.29) is 0 Å². The fraction of sp³-hybridized carbons (Fsp3) is 0.667. The molecule has 0 aliphatic heterocycles. The summed E-state index contributed by atoms with van der Waals surface area (Å²) in [5.74, 6) is 0.850. The van der Waals surface area contributed by atoms with Gasteiger partial charge in [-0.1, -0.05) is 38.5 Å². The van der Waals surface area contributed by atoms with Crippen LogP contribution in [0.25, 0.3) is 0 Å². The Morgan fingerprint density at radius 3 is 2.67 bits per heavy atom. The Labute approximate surface area is 76.4 Å². The molecular formula is C12H20. The van der Waals surface area contributed by atoms with Crippen LogP contribution < -0.4 is 0 Å². The Kier molecular flexibility index (Phi) is 3.58. The Hall–Kier alpha value is -0.520. The van der Waals surface area contributed by atoms with Crippen molar-refractivity contribution in [2.75, 3.05) is 0 Å². The van der Waals surface area contributed by atoms with E-state index in [1.807, 2.05) is 13.8 Å². The highest BCUT2D eigenvalue weighted by molar-refractivity contribution is 5.34. The van der Waals surface area contributed by atoms with Gasteiger partial charge in [-0.3, -0.25) is 0 Å². The molecule has 0 N–H and O–H groups in total. The third-order valence-corrected chi connectivity index (χ3v) is 2.71. The molecule has 0 bridgehead atoms. The van der Waals surface area contributed by atoms with Crippen LogP contribution in [0.3, 0.4) is 0 Å². The summed E-state index contributed by atoms with van der Waals surface area (Å²) in [6.07, 6.45) is 10.1. The van der Waals surface area contributed by atoms with E-state index in [2.05, 4.69) is 19.1 Å². The summed E-state index contributed by atoms with van der Waals surface area (Å²) >= 11 is 0. The molecule has 0 spiro atoms. The molecule has 0 aromatic heterocycles. The SMILES string of the molecule is CC.CC1CC=CC2=C1CCC2. The largest absolute Gasteiger partial charge is 0.0837 e. The van der Waals surface area contributed by atoms with Crippen LogP contribution in [0.2, 0.25) is 0 Å². The summed E-state index contributed by atoms with van der Waals surface area (Å²) < 4.78 is 0. The molecule has 2 aliphatic rings. The predicted octanol–water partition coefficient (Wildman–Crippen LogP) is 4.09. The van der Waals surface area contributed by atoms with Crippen molar-refractivity contribution in [1.82, 2.24) is 0 Å². The van der Waals surface area contributed by atoms with Crippen LogP contribution in [0.1, 0.15) is 46.5 Å². The molecule has 0 heteroatoms. The maximum absolute atomic E-state index is 2.35. The highest BCUT2D eigenvalue weighted by Crippen LogP contribution is 2.36. The van der Waals surface area contributed by atoms with Gasteiger partial charge in [0.25, 0.3) is 0 Å². The summed E-state index contributed by atoms with van der Waals surface area (Å²) in [7, 11) is 0. The summed E-state index contributed by atoms with van der Waals surface area (Å²) in [5, 5.41) is 0. The Morgan fingerprint density at radius 1 is 1.25 bits per heavy atom. The van der Waals surface area contributed by atoms with Gasteiger partial charge >= 0.3 is 0 Å². The average Bonchev–Trinajstić information content (AvgIpc) is 2.57. The van der Waals surface area contributed by atoms with Crippen molar-refractivity contribution < 1.29 is 0 Å². The highest BCUT2D eigenvalue weighted by Gasteiger charge is 2.19. The van der Waals surface area contributed by atoms with E-state index in [0.29, 0.717) is 0 Å². The zero-order valence-electron chi connectivity index (χ0n) is 8.56. The third-order valence-electron chi connectivity index (χ3n) is 2.71. The molecule has 0 fully saturated rings. The number of rotatable bonds is 0. The van der Waals surface area contributed by atoms with Crippen molar-refractivity contribution in [3.63, 3.8) is 0 Å². The first-order valence-corrected chi connectivity index (χ1v) is 5.26. The minimum atomic E-state index is 0.850. The first kappa shape index (κ1) is 9.57. The van der Waals surface area contributed by atoms with Gasteiger partial charge in [0.1, 0.15) is 0 Å². The molecule has 0 aromatic carbocycles. The third kappa shape index (κ3) is 1.80. The van der Waals surface area contributed by atoms with Gasteiger partial charge in [0, 0.05) is 0 Å². The van der Waals surface area contributed by atoms with E-state index in [1.54, 1.807) is 11.1 Å². The van der Waals surface area contributed by atoms with Gasteiger partial charge < -0.3 is 0 Å². The van der Waals surface area contributed by atoms with Crippen molar-refractivity contribution in [2.24, 2.45) is 5.92 Å². The first-order valence-electron chi connectivity index (χ1n) is 5.26. The molecule has 0 aromatic rings. The smallest absolute Gasteiger partial charge is 0.0191 e.